The summed E-state index contributed by atoms with van der Waals surface area (Å²) in [6.45, 7) is 0. The lowest BCUT2D eigenvalue weighted by atomic mass is 9.84. The lowest BCUT2D eigenvalue weighted by Crippen LogP contribution is -2.40. The summed E-state index contributed by atoms with van der Waals surface area (Å²) in [5.74, 6) is -0.0524. The summed E-state index contributed by atoms with van der Waals surface area (Å²) in [5.41, 5.74) is 3.52. The predicted octanol–water partition coefficient (Wildman–Crippen LogP) is 4.06. The van der Waals surface area contributed by atoms with Crippen molar-refractivity contribution in [2.45, 2.75) is 38.0 Å². The minimum absolute atomic E-state index is 0.104. The van der Waals surface area contributed by atoms with Crippen molar-refractivity contribution in [1.82, 2.24) is 10.5 Å². The molecule has 1 heterocycles. The Balaban J connectivity index is 1.26. The Bertz CT molecular complexity index is 902. The topological polar surface area (TPSA) is 87.4 Å². The van der Waals surface area contributed by atoms with Gasteiger partial charge in [0, 0.05) is 23.7 Å². The molecule has 1 unspecified atom stereocenters. The molecule has 1 saturated carbocycles. The van der Waals surface area contributed by atoms with E-state index in [1.54, 1.807) is 6.07 Å². The summed E-state index contributed by atoms with van der Waals surface area (Å²) >= 11 is 0. The van der Waals surface area contributed by atoms with E-state index in [-0.39, 0.29) is 17.9 Å². The lowest BCUT2D eigenvalue weighted by Gasteiger charge is -2.32. The molecule has 1 aromatic heterocycles. The number of anilines is 1. The summed E-state index contributed by atoms with van der Waals surface area (Å²) in [5, 5.41) is 20.5. The van der Waals surface area contributed by atoms with E-state index in [2.05, 4.69) is 40.1 Å². The van der Waals surface area contributed by atoms with E-state index in [4.69, 9.17) is 4.52 Å². The quantitative estimate of drug-likeness (QED) is 0.552. The number of carbonyl (C=O) groups is 1. The smallest absolute Gasteiger partial charge is 0.273 e. The Morgan fingerprint density at radius 3 is 2.31 bits per heavy atom. The molecule has 3 aromatic rings. The highest BCUT2D eigenvalue weighted by molar-refractivity contribution is 5.92. The van der Waals surface area contributed by atoms with Crippen LogP contribution in [-0.4, -0.2) is 28.4 Å². The first-order valence-corrected chi connectivity index (χ1v) is 10.0. The fraction of sp³-hybridized carbons (Fsp3) is 0.304. The van der Waals surface area contributed by atoms with Gasteiger partial charge in [0.1, 0.15) is 12.5 Å². The monoisotopic (exact) mass is 391 g/mol. The Kier molecular flexibility index (Phi) is 5.91. The summed E-state index contributed by atoms with van der Waals surface area (Å²) in [6.07, 6.45) is 4.14. The number of rotatable bonds is 6. The van der Waals surface area contributed by atoms with E-state index >= 15 is 0 Å². The first kappa shape index (κ1) is 19.2. The van der Waals surface area contributed by atoms with Crippen LogP contribution in [0.15, 0.2) is 71.4 Å². The molecule has 0 spiro atoms. The highest BCUT2D eigenvalue weighted by Gasteiger charge is 2.27. The van der Waals surface area contributed by atoms with E-state index in [0.717, 1.165) is 36.9 Å². The van der Waals surface area contributed by atoms with Crippen molar-refractivity contribution in [2.24, 2.45) is 5.92 Å². The minimum Gasteiger partial charge on any atom is -0.374 e. The summed E-state index contributed by atoms with van der Waals surface area (Å²) < 4.78 is 4.71. The maximum atomic E-state index is 12.1. The molecule has 1 aliphatic carbocycles. The van der Waals surface area contributed by atoms with Crippen LogP contribution >= 0.6 is 0 Å². The standard InChI is InChI=1S/C23H25N3O3/c27-22(24-19-10-6-17(7-11-19)16-4-2-1-3-5-16)18-8-12-20(13-9-18)25-23(28)21-14-15-29-26-21/h1-7,10-11,14-15,18,20,22,24,27H,8-9,12-13H2,(H,25,28). The van der Waals surface area contributed by atoms with Crippen LogP contribution in [0.2, 0.25) is 0 Å². The van der Waals surface area contributed by atoms with Gasteiger partial charge >= 0.3 is 0 Å². The van der Waals surface area contributed by atoms with E-state index in [0.29, 0.717) is 5.69 Å². The van der Waals surface area contributed by atoms with Gasteiger partial charge in [-0.05, 0) is 48.9 Å². The van der Waals surface area contributed by atoms with Crippen molar-refractivity contribution >= 4 is 11.6 Å². The highest BCUT2D eigenvalue weighted by Crippen LogP contribution is 2.28. The van der Waals surface area contributed by atoms with Crippen LogP contribution in [0.4, 0.5) is 5.69 Å². The molecule has 1 aliphatic rings. The zero-order valence-electron chi connectivity index (χ0n) is 16.1. The normalized spacial score (nSPS) is 20.0. The molecular weight excluding hydrogens is 366 g/mol. The average molecular weight is 391 g/mol. The first-order valence-electron chi connectivity index (χ1n) is 10.0. The summed E-state index contributed by atoms with van der Waals surface area (Å²) in [4.78, 5) is 12.1. The Labute approximate surface area is 169 Å². The molecular formula is C23H25N3O3. The summed E-state index contributed by atoms with van der Waals surface area (Å²) in [6, 6.07) is 20.0. The number of nitrogens with zero attached hydrogens (tertiary/aromatic N) is 1. The molecule has 1 fully saturated rings. The molecule has 6 heteroatoms. The second kappa shape index (κ2) is 8.92. The Morgan fingerprint density at radius 2 is 1.66 bits per heavy atom. The number of aromatic nitrogens is 1. The van der Waals surface area contributed by atoms with Gasteiger partial charge in [-0.3, -0.25) is 4.79 Å². The van der Waals surface area contributed by atoms with E-state index < -0.39 is 6.23 Å². The molecule has 0 radical (unpaired) electrons. The fourth-order valence-electron chi connectivity index (χ4n) is 3.85. The third kappa shape index (κ3) is 4.84. The third-order valence-electron chi connectivity index (χ3n) is 5.53. The van der Waals surface area contributed by atoms with Gasteiger partial charge < -0.3 is 20.3 Å². The molecule has 3 N–H and O–H groups in total. The maximum Gasteiger partial charge on any atom is 0.273 e. The SMILES string of the molecule is O=C(NC1CCC(C(O)Nc2ccc(-c3ccccc3)cc2)CC1)c1ccon1. The minimum atomic E-state index is -0.607. The fourth-order valence-corrected chi connectivity index (χ4v) is 3.85. The second-order valence-corrected chi connectivity index (χ2v) is 7.50. The molecule has 29 heavy (non-hydrogen) atoms. The van der Waals surface area contributed by atoms with E-state index in [9.17, 15) is 9.90 Å². The van der Waals surface area contributed by atoms with Crippen molar-refractivity contribution in [2.75, 3.05) is 5.32 Å². The summed E-state index contributed by atoms with van der Waals surface area (Å²) in [7, 11) is 0. The van der Waals surface area contributed by atoms with Crippen LogP contribution in [0.25, 0.3) is 11.1 Å². The van der Waals surface area contributed by atoms with Crippen LogP contribution < -0.4 is 10.6 Å². The van der Waals surface area contributed by atoms with Gasteiger partial charge in [0.2, 0.25) is 0 Å². The van der Waals surface area contributed by atoms with Crippen molar-refractivity contribution in [1.29, 1.82) is 0 Å². The average Bonchev–Trinajstić information content (AvgIpc) is 3.31. The number of aliphatic hydroxyl groups excluding tert-OH is 1. The van der Waals surface area contributed by atoms with Crippen LogP contribution in [0, 0.1) is 5.92 Å². The van der Waals surface area contributed by atoms with E-state index in [1.165, 1.54) is 11.8 Å². The van der Waals surface area contributed by atoms with Crippen LogP contribution in [0.5, 0.6) is 0 Å². The number of hydrogen-bond acceptors (Lipinski definition) is 5. The van der Waals surface area contributed by atoms with Crippen molar-refractivity contribution in [3.63, 3.8) is 0 Å². The van der Waals surface area contributed by atoms with Crippen molar-refractivity contribution < 1.29 is 14.4 Å². The zero-order chi connectivity index (χ0) is 20.1. The molecule has 0 bridgehead atoms. The Morgan fingerprint density at radius 1 is 0.966 bits per heavy atom. The molecule has 6 nitrogen and oxygen atoms in total. The maximum absolute atomic E-state index is 12.1. The van der Waals surface area contributed by atoms with Crippen LogP contribution in [-0.2, 0) is 0 Å². The van der Waals surface area contributed by atoms with Gasteiger partial charge in [0.15, 0.2) is 5.69 Å². The Hall–Kier alpha value is -3.12. The zero-order valence-corrected chi connectivity index (χ0v) is 16.1. The van der Waals surface area contributed by atoms with E-state index in [1.807, 2.05) is 30.3 Å². The first-order chi connectivity index (χ1) is 14.2. The number of amides is 1. The van der Waals surface area contributed by atoms with Gasteiger partial charge in [-0.15, -0.1) is 0 Å². The predicted molar refractivity (Wildman–Crippen MR) is 111 cm³/mol. The number of nitrogens with one attached hydrogen (secondary N) is 2. The number of benzene rings is 2. The van der Waals surface area contributed by atoms with Crippen molar-refractivity contribution in [3.8, 4) is 11.1 Å². The van der Waals surface area contributed by atoms with Gasteiger partial charge in [0.05, 0.1) is 0 Å². The lowest BCUT2D eigenvalue weighted by molar-refractivity contribution is 0.0850. The number of carbonyl (C=O) groups excluding carboxylic acids is 1. The third-order valence-corrected chi connectivity index (χ3v) is 5.53. The molecule has 0 saturated heterocycles. The highest BCUT2D eigenvalue weighted by atomic mass is 16.5. The number of hydrogen-bond donors (Lipinski definition) is 3. The van der Waals surface area contributed by atoms with Gasteiger partial charge in [-0.1, -0.05) is 47.6 Å². The molecule has 4 rings (SSSR count). The molecule has 0 aliphatic heterocycles. The molecule has 1 amide bonds. The van der Waals surface area contributed by atoms with Gasteiger partial charge in [-0.25, -0.2) is 0 Å². The molecule has 1 atom stereocenters. The molecule has 150 valence electrons. The van der Waals surface area contributed by atoms with Gasteiger partial charge in [-0.2, -0.15) is 0 Å². The molecule has 2 aromatic carbocycles. The van der Waals surface area contributed by atoms with Crippen molar-refractivity contribution in [3.05, 3.63) is 72.6 Å². The van der Waals surface area contributed by atoms with Crippen LogP contribution in [0.3, 0.4) is 0 Å². The van der Waals surface area contributed by atoms with Crippen LogP contribution in [0.1, 0.15) is 36.2 Å². The van der Waals surface area contributed by atoms with Gasteiger partial charge in [0.25, 0.3) is 5.91 Å². The number of aliphatic hydroxyl groups is 1. The second-order valence-electron chi connectivity index (χ2n) is 7.50. The largest absolute Gasteiger partial charge is 0.374 e.